The first kappa shape index (κ1) is 13.6. The molecule has 0 spiro atoms. The van der Waals surface area contributed by atoms with Crippen LogP contribution in [-0.2, 0) is 0 Å². The van der Waals surface area contributed by atoms with E-state index in [0.29, 0.717) is 11.6 Å². The Morgan fingerprint density at radius 1 is 0.950 bits per heavy atom. The van der Waals surface area contributed by atoms with Crippen LogP contribution >= 0.6 is 38.5 Å². The van der Waals surface area contributed by atoms with Gasteiger partial charge in [-0.15, -0.1) is 0 Å². The number of anilines is 1. The molecule has 5 heteroatoms. The van der Waals surface area contributed by atoms with Gasteiger partial charge in [0, 0.05) is 13.6 Å². The normalized spacial score (nSPS) is 10.7. The molecule has 1 aromatic heterocycles. The number of nitrogens with zero attached hydrogens (tertiary/aromatic N) is 1. The van der Waals surface area contributed by atoms with Gasteiger partial charge in [0.05, 0.1) is 5.56 Å². The highest BCUT2D eigenvalue weighted by Gasteiger charge is 2.17. The lowest BCUT2D eigenvalue weighted by Gasteiger charge is -2.03. The van der Waals surface area contributed by atoms with Gasteiger partial charge in [0.2, 0.25) is 0 Å². The molecule has 0 bridgehead atoms. The second-order valence-corrected chi connectivity index (χ2v) is 6.45. The zero-order chi connectivity index (χ0) is 14.1. The van der Waals surface area contributed by atoms with Crippen molar-refractivity contribution in [2.24, 2.45) is 0 Å². The lowest BCUT2D eigenvalue weighted by atomic mass is 10.0. The summed E-state index contributed by atoms with van der Waals surface area (Å²) in [6, 6.07) is 16.0. The fourth-order valence-electron chi connectivity index (χ4n) is 2.00. The van der Waals surface area contributed by atoms with Crippen LogP contribution < -0.4 is 5.73 Å². The number of benzene rings is 2. The van der Waals surface area contributed by atoms with E-state index in [1.807, 2.05) is 48.5 Å². The summed E-state index contributed by atoms with van der Waals surface area (Å²) < 4.78 is 7.61. The monoisotopic (exact) mass is 440 g/mol. The van der Waals surface area contributed by atoms with E-state index in [2.05, 4.69) is 43.7 Å². The molecule has 0 aliphatic carbocycles. The van der Waals surface area contributed by atoms with Gasteiger partial charge in [0.15, 0.2) is 11.6 Å². The Labute approximate surface area is 138 Å². The van der Waals surface area contributed by atoms with Gasteiger partial charge in [0.1, 0.15) is 0 Å². The van der Waals surface area contributed by atoms with Crippen molar-refractivity contribution < 1.29 is 4.52 Å². The van der Waals surface area contributed by atoms with Crippen molar-refractivity contribution in [3.63, 3.8) is 0 Å². The van der Waals surface area contributed by atoms with Gasteiger partial charge in [-0.3, -0.25) is 0 Å². The van der Waals surface area contributed by atoms with E-state index in [-0.39, 0.29) is 0 Å². The molecule has 2 aromatic carbocycles. The van der Waals surface area contributed by atoms with E-state index in [9.17, 15) is 0 Å². The highest BCUT2D eigenvalue weighted by atomic mass is 127. The number of hydrogen-bond acceptors (Lipinski definition) is 3. The number of halogens is 2. The largest absolute Gasteiger partial charge is 0.380 e. The van der Waals surface area contributed by atoms with Gasteiger partial charge >= 0.3 is 0 Å². The Hall–Kier alpha value is -1.34. The van der Waals surface area contributed by atoms with E-state index in [4.69, 9.17) is 10.3 Å². The van der Waals surface area contributed by atoms with Crippen molar-refractivity contribution in [3.8, 4) is 22.5 Å². The zero-order valence-corrected chi connectivity index (χ0v) is 14.1. The van der Waals surface area contributed by atoms with Gasteiger partial charge in [-0.2, -0.15) is 0 Å². The summed E-state index contributed by atoms with van der Waals surface area (Å²) in [5.74, 6) is 1.10. The second-order valence-electron chi connectivity index (χ2n) is 4.29. The highest BCUT2D eigenvalue weighted by molar-refractivity contribution is 14.1. The lowest BCUT2D eigenvalue weighted by Crippen LogP contribution is -1.88. The lowest BCUT2D eigenvalue weighted by molar-refractivity contribution is 0.436. The van der Waals surface area contributed by atoms with E-state index in [1.54, 1.807) is 0 Å². The third kappa shape index (κ3) is 2.60. The smallest absolute Gasteiger partial charge is 0.176 e. The Morgan fingerprint density at radius 2 is 1.55 bits per heavy atom. The third-order valence-corrected chi connectivity index (χ3v) is 4.21. The average Bonchev–Trinajstić information content (AvgIpc) is 2.83. The second kappa shape index (κ2) is 5.57. The molecule has 0 fully saturated rings. The summed E-state index contributed by atoms with van der Waals surface area (Å²) in [4.78, 5) is 0. The average molecular weight is 441 g/mol. The quantitative estimate of drug-likeness (QED) is 0.573. The molecule has 0 saturated carbocycles. The first-order chi connectivity index (χ1) is 9.65. The molecule has 20 heavy (non-hydrogen) atoms. The van der Waals surface area contributed by atoms with Crippen molar-refractivity contribution in [2.45, 2.75) is 0 Å². The molecule has 0 aliphatic heterocycles. The van der Waals surface area contributed by atoms with Crippen molar-refractivity contribution in [2.75, 3.05) is 5.73 Å². The summed E-state index contributed by atoms with van der Waals surface area (Å²) in [7, 11) is 0. The molecule has 100 valence electrons. The molecule has 0 unspecified atom stereocenters. The van der Waals surface area contributed by atoms with Crippen molar-refractivity contribution in [1.29, 1.82) is 0 Å². The van der Waals surface area contributed by atoms with Crippen molar-refractivity contribution >= 4 is 44.3 Å². The minimum Gasteiger partial charge on any atom is -0.380 e. The zero-order valence-electron chi connectivity index (χ0n) is 10.3. The van der Waals surface area contributed by atoms with Gasteiger partial charge in [0.25, 0.3) is 0 Å². The standard InChI is InChI=1S/C15H10BrIN2O/c16-11-5-1-9(2-6-11)13-14(20-19-15(13)18)10-3-7-12(17)8-4-10/h1-8H,(H2,18,19). The molecule has 2 N–H and O–H groups in total. The molecule has 3 rings (SSSR count). The first-order valence-corrected chi connectivity index (χ1v) is 7.79. The number of hydrogen-bond donors (Lipinski definition) is 1. The van der Waals surface area contributed by atoms with Crippen LogP contribution in [0.4, 0.5) is 5.82 Å². The van der Waals surface area contributed by atoms with E-state index < -0.39 is 0 Å². The number of rotatable bonds is 2. The Bertz CT molecular complexity index is 736. The Balaban J connectivity index is 2.14. The molecular weight excluding hydrogens is 431 g/mol. The fourth-order valence-corrected chi connectivity index (χ4v) is 2.62. The van der Waals surface area contributed by atoms with Crippen molar-refractivity contribution in [1.82, 2.24) is 5.16 Å². The molecule has 0 aliphatic rings. The summed E-state index contributed by atoms with van der Waals surface area (Å²) in [6.07, 6.45) is 0. The molecule has 0 saturated heterocycles. The minimum absolute atomic E-state index is 0.404. The van der Waals surface area contributed by atoms with E-state index in [1.165, 1.54) is 3.57 Å². The maximum Gasteiger partial charge on any atom is 0.176 e. The summed E-state index contributed by atoms with van der Waals surface area (Å²) in [6.45, 7) is 0. The fraction of sp³-hybridized carbons (Fsp3) is 0. The topological polar surface area (TPSA) is 52.0 Å². The van der Waals surface area contributed by atoms with Crippen LogP contribution in [0, 0.1) is 3.57 Å². The van der Waals surface area contributed by atoms with E-state index >= 15 is 0 Å². The van der Waals surface area contributed by atoms with Crippen LogP contribution in [0.2, 0.25) is 0 Å². The summed E-state index contributed by atoms with van der Waals surface area (Å²) in [5, 5.41) is 3.90. The maximum atomic E-state index is 5.96. The number of aromatic nitrogens is 1. The highest BCUT2D eigenvalue weighted by Crippen LogP contribution is 2.37. The Morgan fingerprint density at radius 3 is 2.20 bits per heavy atom. The van der Waals surface area contributed by atoms with Gasteiger partial charge in [-0.25, -0.2) is 0 Å². The number of nitrogens with two attached hydrogens (primary N) is 1. The molecule has 3 aromatic rings. The minimum atomic E-state index is 0.404. The molecule has 0 amide bonds. The molecule has 1 heterocycles. The third-order valence-electron chi connectivity index (χ3n) is 2.96. The SMILES string of the molecule is Nc1noc(-c2ccc(I)cc2)c1-c1ccc(Br)cc1. The van der Waals surface area contributed by atoms with Crippen LogP contribution in [0.3, 0.4) is 0 Å². The maximum absolute atomic E-state index is 5.96. The van der Waals surface area contributed by atoms with E-state index in [0.717, 1.165) is 21.2 Å². The predicted octanol–water partition coefficient (Wildman–Crippen LogP) is 4.96. The molecule has 0 radical (unpaired) electrons. The summed E-state index contributed by atoms with van der Waals surface area (Å²) in [5.41, 5.74) is 8.74. The molecule has 0 atom stereocenters. The predicted molar refractivity (Wildman–Crippen MR) is 92.2 cm³/mol. The van der Waals surface area contributed by atoms with Crippen LogP contribution in [-0.4, -0.2) is 5.16 Å². The van der Waals surface area contributed by atoms with Gasteiger partial charge in [-0.05, 0) is 52.4 Å². The van der Waals surface area contributed by atoms with Crippen molar-refractivity contribution in [3.05, 3.63) is 56.6 Å². The molecule has 3 nitrogen and oxygen atoms in total. The van der Waals surface area contributed by atoms with Gasteiger partial charge < -0.3 is 10.3 Å². The van der Waals surface area contributed by atoms with Crippen LogP contribution in [0.5, 0.6) is 0 Å². The Kier molecular flexibility index (Phi) is 3.80. The molecular formula is C15H10BrIN2O. The van der Waals surface area contributed by atoms with Crippen LogP contribution in [0.25, 0.3) is 22.5 Å². The number of nitrogen functional groups attached to an aromatic ring is 1. The van der Waals surface area contributed by atoms with Gasteiger partial charge in [-0.1, -0.05) is 45.4 Å². The first-order valence-electron chi connectivity index (χ1n) is 5.92. The van der Waals surface area contributed by atoms with Crippen LogP contribution in [0.1, 0.15) is 0 Å². The van der Waals surface area contributed by atoms with Crippen LogP contribution in [0.15, 0.2) is 57.5 Å². The summed E-state index contributed by atoms with van der Waals surface area (Å²) >= 11 is 5.70.